The van der Waals surface area contributed by atoms with Crippen LogP contribution in [0.15, 0.2) is 42.5 Å². The monoisotopic (exact) mass is 378 g/mol. The fraction of sp³-hybridized carbons (Fsp3) is 0.391. The third kappa shape index (κ3) is 5.20. The van der Waals surface area contributed by atoms with E-state index in [1.165, 1.54) is 0 Å². The van der Waals surface area contributed by atoms with Crippen LogP contribution in [0.5, 0.6) is 0 Å². The molecule has 0 aromatic heterocycles. The summed E-state index contributed by atoms with van der Waals surface area (Å²) in [6.07, 6.45) is 2.25. The molecule has 0 spiro atoms. The Bertz CT molecular complexity index is 855. The SMILES string of the molecule is CC(=O)N(Cc1cc(C)cc(-c2cccc(C(=N)N)c2)c1)CC1CCNCC1. The van der Waals surface area contributed by atoms with Crippen LogP contribution in [0.1, 0.15) is 36.5 Å². The number of hydrogen-bond acceptors (Lipinski definition) is 3. The van der Waals surface area contributed by atoms with Crippen LogP contribution in [0, 0.1) is 18.3 Å². The van der Waals surface area contributed by atoms with Crippen LogP contribution in [0.2, 0.25) is 0 Å². The topological polar surface area (TPSA) is 82.2 Å². The standard InChI is InChI=1S/C23H30N4O/c1-16-10-19(15-27(17(2)28)14-18-6-8-26-9-7-18)12-22(11-16)20-4-3-5-21(13-20)23(24)25/h3-5,10-13,18,26H,6-9,14-15H2,1-2H3,(H3,24,25). The highest BCUT2D eigenvalue weighted by molar-refractivity contribution is 5.96. The van der Waals surface area contributed by atoms with Crippen molar-refractivity contribution in [2.75, 3.05) is 19.6 Å². The summed E-state index contributed by atoms with van der Waals surface area (Å²) < 4.78 is 0. The van der Waals surface area contributed by atoms with Crippen LogP contribution >= 0.6 is 0 Å². The number of nitrogens with two attached hydrogens (primary N) is 1. The molecule has 0 bridgehead atoms. The van der Waals surface area contributed by atoms with Gasteiger partial charge in [-0.2, -0.15) is 0 Å². The molecule has 1 aliphatic rings. The van der Waals surface area contributed by atoms with Crippen molar-refractivity contribution >= 4 is 11.7 Å². The van der Waals surface area contributed by atoms with E-state index in [9.17, 15) is 4.79 Å². The Morgan fingerprint density at radius 3 is 2.61 bits per heavy atom. The van der Waals surface area contributed by atoms with Gasteiger partial charge < -0.3 is 16.0 Å². The smallest absolute Gasteiger partial charge is 0.219 e. The molecule has 1 amide bonds. The minimum atomic E-state index is 0.0689. The average molecular weight is 379 g/mol. The van der Waals surface area contributed by atoms with Crippen molar-refractivity contribution in [1.82, 2.24) is 10.2 Å². The molecule has 2 aromatic rings. The van der Waals surface area contributed by atoms with Gasteiger partial charge in [-0.05, 0) is 67.6 Å². The van der Waals surface area contributed by atoms with Gasteiger partial charge in [-0.1, -0.05) is 35.9 Å². The summed E-state index contributed by atoms with van der Waals surface area (Å²) in [5.74, 6) is 0.765. The van der Waals surface area contributed by atoms with E-state index >= 15 is 0 Å². The van der Waals surface area contributed by atoms with E-state index in [0.29, 0.717) is 12.5 Å². The molecule has 28 heavy (non-hydrogen) atoms. The molecule has 1 heterocycles. The van der Waals surface area contributed by atoms with Crippen LogP contribution in [0.25, 0.3) is 11.1 Å². The van der Waals surface area contributed by atoms with Crippen molar-refractivity contribution in [2.24, 2.45) is 11.7 Å². The van der Waals surface area contributed by atoms with Crippen LogP contribution in [-0.4, -0.2) is 36.3 Å². The molecule has 1 aliphatic heterocycles. The van der Waals surface area contributed by atoms with Crippen molar-refractivity contribution in [3.63, 3.8) is 0 Å². The molecule has 0 atom stereocenters. The Labute approximate surface area is 167 Å². The summed E-state index contributed by atoms with van der Waals surface area (Å²) >= 11 is 0. The number of nitrogens with one attached hydrogen (secondary N) is 2. The second-order valence-corrected chi connectivity index (χ2v) is 7.79. The van der Waals surface area contributed by atoms with Crippen molar-refractivity contribution in [1.29, 1.82) is 5.41 Å². The Morgan fingerprint density at radius 1 is 1.18 bits per heavy atom. The first-order valence-corrected chi connectivity index (χ1v) is 9.94. The molecule has 3 rings (SSSR count). The van der Waals surface area contributed by atoms with Gasteiger partial charge in [0.1, 0.15) is 5.84 Å². The quantitative estimate of drug-likeness (QED) is 0.533. The zero-order valence-corrected chi connectivity index (χ0v) is 16.8. The van der Waals surface area contributed by atoms with Gasteiger partial charge in [-0.3, -0.25) is 10.2 Å². The number of carbonyl (C=O) groups is 1. The van der Waals surface area contributed by atoms with Crippen LogP contribution in [0.4, 0.5) is 0 Å². The van der Waals surface area contributed by atoms with Crippen molar-refractivity contribution < 1.29 is 4.79 Å². The van der Waals surface area contributed by atoms with E-state index in [1.54, 1.807) is 6.92 Å². The van der Waals surface area contributed by atoms with E-state index < -0.39 is 0 Å². The maximum absolute atomic E-state index is 12.3. The number of aryl methyl sites for hydroxylation is 1. The highest BCUT2D eigenvalue weighted by atomic mass is 16.2. The second-order valence-electron chi connectivity index (χ2n) is 7.79. The summed E-state index contributed by atoms with van der Waals surface area (Å²) in [6, 6.07) is 14.2. The molecule has 0 unspecified atom stereocenters. The van der Waals surface area contributed by atoms with Gasteiger partial charge in [0.25, 0.3) is 0 Å². The number of nitrogen functional groups attached to an aromatic ring is 1. The molecule has 0 saturated carbocycles. The van der Waals surface area contributed by atoms with Gasteiger partial charge in [0, 0.05) is 25.6 Å². The van der Waals surface area contributed by atoms with E-state index in [2.05, 4.69) is 30.4 Å². The lowest BCUT2D eigenvalue weighted by Crippen LogP contribution is -2.38. The van der Waals surface area contributed by atoms with Gasteiger partial charge in [0.2, 0.25) is 5.91 Å². The number of amidine groups is 1. The summed E-state index contributed by atoms with van der Waals surface area (Å²) in [6.45, 7) is 7.26. The molecule has 0 aliphatic carbocycles. The Balaban J connectivity index is 1.82. The van der Waals surface area contributed by atoms with Gasteiger partial charge in [-0.15, -0.1) is 0 Å². The molecule has 0 radical (unpaired) electrons. The summed E-state index contributed by atoms with van der Waals surface area (Å²) in [4.78, 5) is 14.2. The lowest BCUT2D eigenvalue weighted by atomic mass is 9.96. The Hall–Kier alpha value is -2.66. The van der Waals surface area contributed by atoms with E-state index in [-0.39, 0.29) is 11.7 Å². The zero-order chi connectivity index (χ0) is 20.1. The van der Waals surface area contributed by atoms with Gasteiger partial charge in [0.15, 0.2) is 0 Å². The second kappa shape index (κ2) is 9.02. The molecule has 5 nitrogen and oxygen atoms in total. The van der Waals surface area contributed by atoms with E-state index in [1.807, 2.05) is 29.2 Å². The molecular formula is C23H30N4O. The van der Waals surface area contributed by atoms with Crippen molar-refractivity contribution in [3.8, 4) is 11.1 Å². The third-order valence-electron chi connectivity index (χ3n) is 5.40. The Kier molecular flexibility index (Phi) is 6.47. The predicted octanol–water partition coefficient (Wildman–Crippen LogP) is 3.29. The third-order valence-corrected chi connectivity index (χ3v) is 5.40. The molecule has 2 aromatic carbocycles. The lowest BCUT2D eigenvalue weighted by Gasteiger charge is -2.29. The maximum Gasteiger partial charge on any atom is 0.219 e. The van der Waals surface area contributed by atoms with E-state index in [4.69, 9.17) is 11.1 Å². The predicted molar refractivity (Wildman–Crippen MR) is 114 cm³/mol. The first kappa shape index (κ1) is 20.1. The number of nitrogens with zero attached hydrogens (tertiary/aromatic N) is 1. The number of amides is 1. The minimum Gasteiger partial charge on any atom is -0.384 e. The lowest BCUT2D eigenvalue weighted by molar-refractivity contribution is -0.130. The van der Waals surface area contributed by atoms with Crippen LogP contribution in [0.3, 0.4) is 0 Å². The molecule has 1 fully saturated rings. The number of rotatable bonds is 6. The molecule has 148 valence electrons. The van der Waals surface area contributed by atoms with Gasteiger partial charge >= 0.3 is 0 Å². The fourth-order valence-corrected chi connectivity index (χ4v) is 3.89. The van der Waals surface area contributed by atoms with Gasteiger partial charge in [0.05, 0.1) is 0 Å². The summed E-state index contributed by atoms with van der Waals surface area (Å²) in [7, 11) is 0. The largest absolute Gasteiger partial charge is 0.384 e. The Morgan fingerprint density at radius 2 is 1.93 bits per heavy atom. The zero-order valence-electron chi connectivity index (χ0n) is 16.8. The fourth-order valence-electron chi connectivity index (χ4n) is 3.89. The molecule has 4 N–H and O–H groups in total. The number of carbonyl (C=O) groups excluding carboxylic acids is 1. The normalized spacial score (nSPS) is 14.6. The van der Waals surface area contributed by atoms with Crippen LogP contribution < -0.4 is 11.1 Å². The maximum atomic E-state index is 12.3. The van der Waals surface area contributed by atoms with Crippen molar-refractivity contribution in [2.45, 2.75) is 33.2 Å². The molecular weight excluding hydrogens is 348 g/mol. The first-order chi connectivity index (χ1) is 13.4. The average Bonchev–Trinajstić information content (AvgIpc) is 2.68. The molecule has 5 heteroatoms. The van der Waals surface area contributed by atoms with E-state index in [0.717, 1.165) is 60.3 Å². The number of hydrogen-bond donors (Lipinski definition) is 3. The minimum absolute atomic E-state index is 0.0689. The van der Waals surface area contributed by atoms with Crippen molar-refractivity contribution in [3.05, 3.63) is 59.2 Å². The first-order valence-electron chi connectivity index (χ1n) is 9.94. The highest BCUT2D eigenvalue weighted by Crippen LogP contribution is 2.25. The van der Waals surface area contributed by atoms with Crippen LogP contribution in [-0.2, 0) is 11.3 Å². The summed E-state index contributed by atoms with van der Waals surface area (Å²) in [5.41, 5.74) is 10.8. The number of benzene rings is 2. The highest BCUT2D eigenvalue weighted by Gasteiger charge is 2.19. The molecule has 1 saturated heterocycles. The van der Waals surface area contributed by atoms with Gasteiger partial charge in [-0.25, -0.2) is 0 Å². The summed E-state index contributed by atoms with van der Waals surface area (Å²) in [5, 5.41) is 11.1. The number of piperidine rings is 1.